The maximum atomic E-state index is 13.7. The number of fused-ring (bicyclic) bond motifs is 1. The zero-order valence-electron chi connectivity index (χ0n) is 14.0. The number of carbonyl (C=O) groups is 3. The van der Waals surface area contributed by atoms with Crippen molar-refractivity contribution in [2.24, 2.45) is 0 Å². The van der Waals surface area contributed by atoms with E-state index < -0.39 is 30.3 Å². The maximum Gasteiger partial charge on any atom is 0.375 e. The van der Waals surface area contributed by atoms with Crippen molar-refractivity contribution in [1.29, 1.82) is 0 Å². The molecule has 1 aromatic carbocycles. The normalized spacial score (nSPS) is 10.5. The van der Waals surface area contributed by atoms with Gasteiger partial charge in [0.2, 0.25) is 5.76 Å². The Hall–Kier alpha value is -2.90. The summed E-state index contributed by atoms with van der Waals surface area (Å²) in [6.45, 7) is 3.34. The molecule has 1 heterocycles. The molecule has 0 unspecified atom stereocenters. The summed E-state index contributed by atoms with van der Waals surface area (Å²) in [6.07, 6.45) is 1.70. The lowest BCUT2D eigenvalue weighted by molar-refractivity contribution is -0.123. The van der Waals surface area contributed by atoms with E-state index >= 15 is 0 Å². The zero-order valence-corrected chi connectivity index (χ0v) is 14.0. The summed E-state index contributed by atoms with van der Waals surface area (Å²) < 4.78 is 23.7. The predicted molar refractivity (Wildman–Crippen MR) is 87.6 cm³/mol. The van der Waals surface area contributed by atoms with E-state index in [1.165, 1.54) is 12.1 Å². The van der Waals surface area contributed by atoms with Gasteiger partial charge in [-0.3, -0.25) is 10.1 Å². The molecule has 0 bridgehead atoms. The third-order valence-corrected chi connectivity index (χ3v) is 3.50. The maximum absolute atomic E-state index is 13.7. The summed E-state index contributed by atoms with van der Waals surface area (Å²) in [4.78, 5) is 35.0. The molecular formula is C17H19FN2O5. The van der Waals surface area contributed by atoms with Crippen LogP contribution in [0.15, 0.2) is 22.6 Å². The van der Waals surface area contributed by atoms with Gasteiger partial charge in [-0.25, -0.2) is 14.0 Å². The van der Waals surface area contributed by atoms with Crippen LogP contribution >= 0.6 is 0 Å². The molecule has 7 nitrogen and oxygen atoms in total. The molecule has 0 spiro atoms. The fourth-order valence-electron chi connectivity index (χ4n) is 2.19. The van der Waals surface area contributed by atoms with E-state index in [0.717, 1.165) is 12.8 Å². The molecule has 2 aromatic rings. The molecule has 2 rings (SSSR count). The van der Waals surface area contributed by atoms with Gasteiger partial charge in [-0.2, -0.15) is 0 Å². The van der Waals surface area contributed by atoms with Crippen molar-refractivity contribution in [3.05, 3.63) is 35.3 Å². The Morgan fingerprint density at radius 3 is 2.72 bits per heavy atom. The molecule has 0 aliphatic carbocycles. The second-order valence-corrected chi connectivity index (χ2v) is 5.41. The SMILES string of the molecule is CCCCNC(=O)NC(=O)COC(=O)c1oc2c(F)cccc2c1C. The summed E-state index contributed by atoms with van der Waals surface area (Å²) in [6, 6.07) is 3.67. The number of para-hydroxylation sites is 1. The van der Waals surface area contributed by atoms with E-state index in [0.29, 0.717) is 17.5 Å². The topological polar surface area (TPSA) is 97.6 Å². The number of unbranched alkanes of at least 4 members (excludes halogenated alkanes) is 1. The molecule has 0 radical (unpaired) electrons. The second-order valence-electron chi connectivity index (χ2n) is 5.41. The molecule has 0 aliphatic heterocycles. The number of hydrogen-bond donors (Lipinski definition) is 2. The van der Waals surface area contributed by atoms with Crippen LogP contribution in [0.4, 0.5) is 9.18 Å². The molecule has 8 heteroatoms. The van der Waals surface area contributed by atoms with Crippen molar-refractivity contribution in [3.8, 4) is 0 Å². The van der Waals surface area contributed by atoms with E-state index in [1.54, 1.807) is 13.0 Å². The van der Waals surface area contributed by atoms with Crippen LogP contribution in [-0.4, -0.2) is 31.1 Å². The molecule has 3 amide bonds. The van der Waals surface area contributed by atoms with Crippen LogP contribution in [0, 0.1) is 12.7 Å². The smallest absolute Gasteiger partial charge is 0.375 e. The number of carbonyl (C=O) groups excluding carboxylic acids is 3. The van der Waals surface area contributed by atoms with E-state index in [-0.39, 0.29) is 11.3 Å². The van der Waals surface area contributed by atoms with E-state index in [1.807, 2.05) is 12.2 Å². The van der Waals surface area contributed by atoms with Crippen LogP contribution in [0.5, 0.6) is 0 Å². The van der Waals surface area contributed by atoms with Crippen molar-refractivity contribution in [3.63, 3.8) is 0 Å². The first-order valence-corrected chi connectivity index (χ1v) is 7.86. The Kier molecular flexibility index (Phi) is 6.10. The highest BCUT2D eigenvalue weighted by Gasteiger charge is 2.21. The quantitative estimate of drug-likeness (QED) is 0.616. The van der Waals surface area contributed by atoms with Crippen molar-refractivity contribution in [1.82, 2.24) is 10.6 Å². The number of rotatable bonds is 6. The number of amides is 3. The number of nitrogens with one attached hydrogen (secondary N) is 2. The second kappa shape index (κ2) is 8.27. The number of esters is 1. The number of halogens is 1. The highest BCUT2D eigenvalue weighted by atomic mass is 19.1. The first-order valence-electron chi connectivity index (χ1n) is 7.86. The zero-order chi connectivity index (χ0) is 18.4. The number of imide groups is 1. The Labute approximate surface area is 143 Å². The third-order valence-electron chi connectivity index (χ3n) is 3.50. The minimum Gasteiger partial charge on any atom is -0.450 e. The predicted octanol–water partition coefficient (Wildman–Crippen LogP) is 2.66. The van der Waals surface area contributed by atoms with Crippen molar-refractivity contribution >= 4 is 28.9 Å². The van der Waals surface area contributed by atoms with Crippen molar-refractivity contribution < 1.29 is 27.9 Å². The molecule has 0 atom stereocenters. The lowest BCUT2D eigenvalue weighted by Crippen LogP contribution is -2.41. The lowest BCUT2D eigenvalue weighted by Gasteiger charge is -2.06. The highest BCUT2D eigenvalue weighted by Crippen LogP contribution is 2.27. The molecule has 0 fully saturated rings. The molecule has 1 aromatic heterocycles. The fraction of sp³-hybridized carbons (Fsp3) is 0.353. The fourth-order valence-corrected chi connectivity index (χ4v) is 2.19. The monoisotopic (exact) mass is 350 g/mol. The molecule has 2 N–H and O–H groups in total. The van der Waals surface area contributed by atoms with Gasteiger partial charge in [0, 0.05) is 17.5 Å². The molecule has 134 valence electrons. The van der Waals surface area contributed by atoms with Gasteiger partial charge in [0.05, 0.1) is 0 Å². The van der Waals surface area contributed by atoms with Gasteiger partial charge in [0.25, 0.3) is 5.91 Å². The third kappa shape index (κ3) is 4.56. The first kappa shape index (κ1) is 18.4. The van der Waals surface area contributed by atoms with Gasteiger partial charge >= 0.3 is 12.0 Å². The lowest BCUT2D eigenvalue weighted by atomic mass is 10.1. The van der Waals surface area contributed by atoms with Gasteiger partial charge in [0.15, 0.2) is 18.0 Å². The number of benzene rings is 1. The van der Waals surface area contributed by atoms with E-state index in [9.17, 15) is 18.8 Å². The van der Waals surface area contributed by atoms with Crippen LogP contribution in [0.2, 0.25) is 0 Å². The van der Waals surface area contributed by atoms with E-state index in [2.05, 4.69) is 5.32 Å². The summed E-state index contributed by atoms with van der Waals surface area (Å²) in [5, 5.41) is 4.99. The van der Waals surface area contributed by atoms with Gasteiger partial charge in [-0.15, -0.1) is 0 Å². The Morgan fingerprint density at radius 1 is 1.28 bits per heavy atom. The highest BCUT2D eigenvalue weighted by molar-refractivity contribution is 5.98. The van der Waals surface area contributed by atoms with Gasteiger partial charge < -0.3 is 14.5 Å². The molecule has 0 saturated carbocycles. The Bertz CT molecular complexity index is 800. The van der Waals surface area contributed by atoms with E-state index in [4.69, 9.17) is 9.15 Å². The van der Waals surface area contributed by atoms with Gasteiger partial charge in [-0.1, -0.05) is 25.5 Å². The van der Waals surface area contributed by atoms with Crippen molar-refractivity contribution in [2.75, 3.05) is 13.2 Å². The molecule has 0 aliphatic rings. The first-order chi connectivity index (χ1) is 11.9. The number of urea groups is 1. The van der Waals surface area contributed by atoms with Crippen LogP contribution in [0.3, 0.4) is 0 Å². The summed E-state index contributed by atoms with van der Waals surface area (Å²) >= 11 is 0. The summed E-state index contributed by atoms with van der Waals surface area (Å²) in [5.41, 5.74) is 0.365. The standard InChI is InChI=1S/C17H19FN2O5/c1-3-4-8-19-17(23)20-13(21)9-24-16(22)14-10(2)11-6-5-7-12(18)15(11)25-14/h5-7H,3-4,8-9H2,1-2H3,(H2,19,20,21,23). The van der Waals surface area contributed by atoms with Gasteiger partial charge in [-0.05, 0) is 19.4 Å². The molecule has 25 heavy (non-hydrogen) atoms. The average Bonchev–Trinajstić information content (AvgIpc) is 2.91. The number of aryl methyl sites for hydroxylation is 1. The minimum atomic E-state index is -0.908. The van der Waals surface area contributed by atoms with Gasteiger partial charge in [0.1, 0.15) is 0 Å². The average molecular weight is 350 g/mol. The minimum absolute atomic E-state index is 0.0493. The van der Waals surface area contributed by atoms with Crippen LogP contribution < -0.4 is 10.6 Å². The Balaban J connectivity index is 1.92. The number of ether oxygens (including phenoxy) is 1. The van der Waals surface area contributed by atoms with Crippen molar-refractivity contribution in [2.45, 2.75) is 26.7 Å². The number of furan rings is 1. The van der Waals surface area contributed by atoms with Crippen LogP contribution in [-0.2, 0) is 9.53 Å². The Morgan fingerprint density at radius 2 is 2.04 bits per heavy atom. The molecular weight excluding hydrogens is 331 g/mol. The molecule has 0 saturated heterocycles. The van der Waals surface area contributed by atoms with Crippen LogP contribution in [0.25, 0.3) is 11.0 Å². The van der Waals surface area contributed by atoms with Crippen LogP contribution in [0.1, 0.15) is 35.9 Å². The largest absolute Gasteiger partial charge is 0.450 e. The number of hydrogen-bond acceptors (Lipinski definition) is 5. The summed E-state index contributed by atoms with van der Waals surface area (Å²) in [7, 11) is 0. The summed E-state index contributed by atoms with van der Waals surface area (Å²) in [5.74, 6) is -2.46.